The van der Waals surface area contributed by atoms with Gasteiger partial charge in [0.15, 0.2) is 10.8 Å². The number of thiazole rings is 1. The van der Waals surface area contributed by atoms with Crippen molar-refractivity contribution in [2.75, 3.05) is 19.4 Å². The van der Waals surface area contributed by atoms with Crippen molar-refractivity contribution in [1.29, 1.82) is 0 Å². The van der Waals surface area contributed by atoms with Gasteiger partial charge in [-0.3, -0.25) is 14.1 Å². The maximum atomic E-state index is 12.1. The van der Waals surface area contributed by atoms with E-state index in [-0.39, 0.29) is 27.4 Å². The third-order valence-corrected chi connectivity index (χ3v) is 4.20. The van der Waals surface area contributed by atoms with Crippen LogP contribution in [0, 0.1) is 0 Å². The Kier molecular flexibility index (Phi) is 4.30. The number of nitrogens with one attached hydrogen (secondary N) is 1. The number of oxime groups is 1. The fraction of sp³-hybridized carbons (Fsp3) is 0.333. The lowest BCUT2D eigenvalue weighted by Crippen LogP contribution is -2.65. The standard InChI is InChI=1S/C9H11N5O6S2/c1-20-13-6(5-3-21-9(10)12-5)7(15)11-4-2-14(8(4)16)22(17,18)19/h3-4H,2H2,1H3,(H2,10,12)(H,11,15)(H,17,18,19)/b13-6+/t4-/m0/s1. The van der Waals surface area contributed by atoms with E-state index in [1.807, 2.05) is 0 Å². The molecule has 1 aliphatic heterocycles. The minimum absolute atomic E-state index is 0.153. The van der Waals surface area contributed by atoms with E-state index in [0.717, 1.165) is 11.3 Å². The number of nitrogens with zero attached hydrogens (tertiary/aromatic N) is 3. The quantitative estimate of drug-likeness (QED) is 0.242. The van der Waals surface area contributed by atoms with Crippen LogP contribution in [0.4, 0.5) is 5.13 Å². The predicted molar refractivity (Wildman–Crippen MR) is 75.3 cm³/mol. The molecule has 0 radical (unpaired) electrons. The largest absolute Gasteiger partial charge is 0.398 e. The summed E-state index contributed by atoms with van der Waals surface area (Å²) in [6, 6.07) is -1.09. The highest BCUT2D eigenvalue weighted by Gasteiger charge is 2.45. The van der Waals surface area contributed by atoms with Crippen LogP contribution in [0.1, 0.15) is 5.69 Å². The maximum Gasteiger partial charge on any atom is 0.362 e. The fourth-order valence-electron chi connectivity index (χ4n) is 1.63. The average molecular weight is 349 g/mol. The Morgan fingerprint density at radius 2 is 2.36 bits per heavy atom. The first kappa shape index (κ1) is 16.1. The van der Waals surface area contributed by atoms with E-state index in [9.17, 15) is 18.0 Å². The Labute approximate surface area is 128 Å². The number of carbonyl (C=O) groups is 2. The lowest BCUT2D eigenvalue weighted by atomic mass is 10.1. The monoisotopic (exact) mass is 349 g/mol. The minimum Gasteiger partial charge on any atom is -0.398 e. The van der Waals surface area contributed by atoms with Crippen LogP contribution in [-0.4, -0.2) is 59.5 Å². The zero-order valence-electron chi connectivity index (χ0n) is 11.1. The summed E-state index contributed by atoms with van der Waals surface area (Å²) in [6.45, 7) is -0.372. The number of hydrogen-bond acceptors (Lipinski definition) is 9. The first-order valence-electron chi connectivity index (χ1n) is 5.66. The molecule has 0 aliphatic carbocycles. The molecule has 0 spiro atoms. The molecule has 2 heterocycles. The number of amides is 2. The molecule has 22 heavy (non-hydrogen) atoms. The molecule has 0 unspecified atom stereocenters. The van der Waals surface area contributed by atoms with Gasteiger partial charge in [0.2, 0.25) is 0 Å². The van der Waals surface area contributed by atoms with Crippen LogP contribution in [0.5, 0.6) is 0 Å². The molecule has 4 N–H and O–H groups in total. The van der Waals surface area contributed by atoms with Crippen LogP contribution in [0.15, 0.2) is 10.5 Å². The number of carbonyl (C=O) groups excluding carboxylic acids is 2. The summed E-state index contributed by atoms with van der Waals surface area (Å²) in [4.78, 5) is 32.0. The predicted octanol–water partition coefficient (Wildman–Crippen LogP) is -1.79. The van der Waals surface area contributed by atoms with Crippen LogP contribution in [0.25, 0.3) is 0 Å². The highest BCUT2D eigenvalue weighted by atomic mass is 32.2. The smallest absolute Gasteiger partial charge is 0.362 e. The van der Waals surface area contributed by atoms with Crippen LogP contribution in [0.2, 0.25) is 0 Å². The van der Waals surface area contributed by atoms with Crippen molar-refractivity contribution in [2.24, 2.45) is 5.16 Å². The summed E-state index contributed by atoms with van der Waals surface area (Å²) in [6.07, 6.45) is 0. The number of anilines is 1. The highest BCUT2D eigenvalue weighted by molar-refractivity contribution is 7.84. The molecule has 1 fully saturated rings. The zero-order valence-corrected chi connectivity index (χ0v) is 12.7. The van der Waals surface area contributed by atoms with Crippen LogP contribution >= 0.6 is 11.3 Å². The third-order valence-electron chi connectivity index (χ3n) is 2.64. The van der Waals surface area contributed by atoms with Crippen molar-refractivity contribution in [3.05, 3.63) is 11.1 Å². The number of aromatic nitrogens is 1. The maximum absolute atomic E-state index is 12.1. The summed E-state index contributed by atoms with van der Waals surface area (Å²) in [5.41, 5.74) is 5.40. The Hall–Kier alpha value is -2.25. The minimum atomic E-state index is -4.61. The molecule has 1 aliphatic rings. The van der Waals surface area contributed by atoms with Gasteiger partial charge < -0.3 is 15.9 Å². The summed E-state index contributed by atoms with van der Waals surface area (Å²) >= 11 is 1.08. The normalized spacial score (nSPS) is 18.8. The molecule has 13 heteroatoms. The van der Waals surface area contributed by atoms with Crippen molar-refractivity contribution in [1.82, 2.24) is 14.6 Å². The van der Waals surface area contributed by atoms with E-state index in [1.165, 1.54) is 12.5 Å². The molecular formula is C9H11N5O6S2. The fourth-order valence-corrected chi connectivity index (χ4v) is 2.87. The topological polar surface area (TPSA) is 164 Å². The Morgan fingerprint density at radius 1 is 1.68 bits per heavy atom. The van der Waals surface area contributed by atoms with E-state index < -0.39 is 28.2 Å². The van der Waals surface area contributed by atoms with E-state index in [1.54, 1.807) is 0 Å². The van der Waals surface area contributed by atoms with Gasteiger partial charge >= 0.3 is 10.3 Å². The van der Waals surface area contributed by atoms with Gasteiger partial charge in [0.25, 0.3) is 11.8 Å². The molecule has 1 saturated heterocycles. The van der Waals surface area contributed by atoms with E-state index in [0.29, 0.717) is 0 Å². The average Bonchev–Trinajstić information content (AvgIpc) is 2.84. The Morgan fingerprint density at radius 3 is 2.82 bits per heavy atom. The highest BCUT2D eigenvalue weighted by Crippen LogP contribution is 2.16. The molecule has 120 valence electrons. The zero-order chi connectivity index (χ0) is 16.5. The van der Waals surface area contributed by atoms with Crippen molar-refractivity contribution >= 4 is 44.3 Å². The van der Waals surface area contributed by atoms with Crippen LogP contribution in [0.3, 0.4) is 0 Å². The van der Waals surface area contributed by atoms with Crippen molar-refractivity contribution in [3.8, 4) is 0 Å². The SMILES string of the molecule is CO/N=C(/C(=O)N[C@H]1CN(S(=O)(=O)O)C1=O)c1csc(N)n1. The summed E-state index contributed by atoms with van der Waals surface area (Å²) in [5, 5.41) is 7.46. The van der Waals surface area contributed by atoms with E-state index in [4.69, 9.17) is 10.3 Å². The first-order chi connectivity index (χ1) is 10.2. The summed E-state index contributed by atoms with van der Waals surface area (Å²) < 4.78 is 30.6. The van der Waals surface area contributed by atoms with Gasteiger partial charge in [-0.25, -0.2) is 9.29 Å². The van der Waals surface area contributed by atoms with Crippen molar-refractivity contribution < 1.29 is 27.4 Å². The number of nitrogen functional groups attached to an aromatic ring is 1. The second-order valence-corrected chi connectivity index (χ2v) is 6.29. The summed E-state index contributed by atoms with van der Waals surface area (Å²) in [5.74, 6) is -1.74. The second kappa shape index (κ2) is 5.86. The van der Waals surface area contributed by atoms with Gasteiger partial charge in [-0.15, -0.1) is 11.3 Å². The lowest BCUT2D eigenvalue weighted by Gasteiger charge is -2.35. The third kappa shape index (κ3) is 3.15. The van der Waals surface area contributed by atoms with Gasteiger partial charge in [-0.2, -0.15) is 8.42 Å². The molecular weight excluding hydrogens is 338 g/mol. The molecule has 2 amide bonds. The molecule has 1 aromatic rings. The van der Waals surface area contributed by atoms with Crippen LogP contribution in [-0.2, 0) is 24.7 Å². The molecule has 11 nitrogen and oxygen atoms in total. The van der Waals surface area contributed by atoms with Crippen molar-refractivity contribution in [2.45, 2.75) is 6.04 Å². The molecule has 0 saturated carbocycles. The van der Waals surface area contributed by atoms with E-state index >= 15 is 0 Å². The van der Waals surface area contributed by atoms with E-state index in [2.05, 4.69) is 20.3 Å². The van der Waals surface area contributed by atoms with Gasteiger partial charge in [0.05, 0.1) is 6.54 Å². The van der Waals surface area contributed by atoms with Crippen molar-refractivity contribution in [3.63, 3.8) is 0 Å². The van der Waals surface area contributed by atoms with Gasteiger partial charge in [-0.1, -0.05) is 5.16 Å². The molecule has 1 atom stereocenters. The Balaban J connectivity index is 2.08. The molecule has 2 rings (SSSR count). The van der Waals surface area contributed by atoms with Gasteiger partial charge in [0, 0.05) is 5.38 Å². The van der Waals surface area contributed by atoms with Crippen LogP contribution < -0.4 is 11.1 Å². The molecule has 0 bridgehead atoms. The Bertz CT molecular complexity index is 741. The number of β-lactam (4-membered cyclic amide) rings is 1. The number of rotatable bonds is 5. The lowest BCUT2D eigenvalue weighted by molar-refractivity contribution is -0.139. The number of nitrogens with two attached hydrogens (primary N) is 1. The number of hydrogen-bond donors (Lipinski definition) is 3. The van der Waals surface area contributed by atoms with Gasteiger partial charge in [-0.05, 0) is 0 Å². The molecule has 0 aromatic carbocycles. The molecule has 1 aromatic heterocycles. The summed E-state index contributed by atoms with van der Waals surface area (Å²) in [7, 11) is -3.39. The second-order valence-electron chi connectivity index (χ2n) is 4.07. The van der Waals surface area contributed by atoms with Gasteiger partial charge in [0.1, 0.15) is 18.8 Å². The first-order valence-corrected chi connectivity index (χ1v) is 7.94.